The standard InChI is InChI=1S/C5H4O3.C4H4O4/c1-3-2-4(6)8-5(3)7;5-3(6)1-2-4(7)8/h1-2H2;1-2H,(H,5,6)(H,7,8). The van der Waals surface area contributed by atoms with E-state index in [1.165, 1.54) is 0 Å². The molecule has 16 heavy (non-hydrogen) atoms. The van der Waals surface area contributed by atoms with Gasteiger partial charge in [0, 0.05) is 17.7 Å². The van der Waals surface area contributed by atoms with Crippen LogP contribution in [0.5, 0.6) is 0 Å². The Kier molecular flexibility index (Phi) is 5.19. The Labute approximate surface area is 89.6 Å². The molecular formula is C9H8O7. The molecule has 1 aliphatic rings. The summed E-state index contributed by atoms with van der Waals surface area (Å²) in [4.78, 5) is 39.5. The van der Waals surface area contributed by atoms with Gasteiger partial charge in [0.25, 0.3) is 0 Å². The van der Waals surface area contributed by atoms with E-state index in [0.29, 0.717) is 12.2 Å². The Morgan fingerprint density at radius 2 is 1.62 bits per heavy atom. The minimum atomic E-state index is -1.26. The van der Waals surface area contributed by atoms with Crippen LogP contribution in [0.1, 0.15) is 6.42 Å². The highest BCUT2D eigenvalue weighted by Crippen LogP contribution is 2.10. The lowest BCUT2D eigenvalue weighted by Crippen LogP contribution is -1.95. The van der Waals surface area contributed by atoms with E-state index in [-0.39, 0.29) is 12.0 Å². The highest BCUT2D eigenvalue weighted by molar-refractivity contribution is 6.05. The van der Waals surface area contributed by atoms with Gasteiger partial charge in [-0.05, 0) is 0 Å². The topological polar surface area (TPSA) is 118 Å². The third-order valence-corrected chi connectivity index (χ3v) is 1.22. The van der Waals surface area contributed by atoms with Crippen LogP contribution in [0.15, 0.2) is 24.3 Å². The molecule has 1 fully saturated rings. The second-order valence-corrected chi connectivity index (χ2v) is 2.55. The molecule has 0 unspecified atom stereocenters. The van der Waals surface area contributed by atoms with Crippen molar-refractivity contribution in [2.75, 3.05) is 0 Å². The van der Waals surface area contributed by atoms with E-state index in [4.69, 9.17) is 10.2 Å². The van der Waals surface area contributed by atoms with Crippen molar-refractivity contribution in [1.29, 1.82) is 0 Å². The summed E-state index contributed by atoms with van der Waals surface area (Å²) in [6.07, 6.45) is 1.17. The summed E-state index contributed by atoms with van der Waals surface area (Å²) >= 11 is 0. The molecule has 0 bridgehead atoms. The molecule has 1 aliphatic heterocycles. The number of cyclic esters (lactones) is 2. The maximum absolute atomic E-state index is 10.2. The quantitative estimate of drug-likeness (QED) is 0.379. The fourth-order valence-corrected chi connectivity index (χ4v) is 0.601. The maximum atomic E-state index is 10.2. The Bertz CT molecular complexity index is 343. The van der Waals surface area contributed by atoms with Crippen LogP contribution in [0.4, 0.5) is 0 Å². The summed E-state index contributed by atoms with van der Waals surface area (Å²) in [5.74, 6) is -3.60. The fraction of sp³-hybridized carbons (Fsp3) is 0.111. The molecule has 0 aromatic heterocycles. The van der Waals surface area contributed by atoms with E-state index < -0.39 is 23.9 Å². The van der Waals surface area contributed by atoms with Crippen molar-refractivity contribution in [3.05, 3.63) is 24.3 Å². The molecule has 2 N–H and O–H groups in total. The average Bonchev–Trinajstić information content (AvgIpc) is 2.42. The fourth-order valence-electron chi connectivity index (χ4n) is 0.601. The lowest BCUT2D eigenvalue weighted by atomic mass is 10.3. The number of carboxylic acids is 2. The van der Waals surface area contributed by atoms with E-state index in [1.54, 1.807) is 0 Å². The molecule has 0 radical (unpaired) electrons. The van der Waals surface area contributed by atoms with Gasteiger partial charge in [0.05, 0.1) is 6.42 Å². The molecule has 1 saturated heterocycles. The first-order valence-electron chi connectivity index (χ1n) is 3.89. The van der Waals surface area contributed by atoms with Gasteiger partial charge in [-0.2, -0.15) is 0 Å². The number of carbonyl (C=O) groups is 4. The van der Waals surface area contributed by atoms with Crippen molar-refractivity contribution < 1.29 is 34.1 Å². The summed E-state index contributed by atoms with van der Waals surface area (Å²) in [5.41, 5.74) is 0.245. The second-order valence-electron chi connectivity index (χ2n) is 2.55. The van der Waals surface area contributed by atoms with Gasteiger partial charge in [-0.1, -0.05) is 6.58 Å². The summed E-state index contributed by atoms with van der Waals surface area (Å²) in [5, 5.41) is 15.6. The average molecular weight is 228 g/mol. The monoisotopic (exact) mass is 228 g/mol. The minimum Gasteiger partial charge on any atom is -0.478 e. The lowest BCUT2D eigenvalue weighted by Gasteiger charge is -1.80. The normalized spacial score (nSPS) is 14.4. The Morgan fingerprint density at radius 1 is 1.19 bits per heavy atom. The van der Waals surface area contributed by atoms with E-state index in [0.717, 1.165) is 0 Å². The summed E-state index contributed by atoms with van der Waals surface area (Å²) < 4.78 is 4.10. The van der Waals surface area contributed by atoms with Crippen LogP contribution < -0.4 is 0 Å². The van der Waals surface area contributed by atoms with E-state index >= 15 is 0 Å². The first-order chi connectivity index (χ1) is 7.32. The van der Waals surface area contributed by atoms with Crippen molar-refractivity contribution in [2.24, 2.45) is 0 Å². The van der Waals surface area contributed by atoms with E-state index in [9.17, 15) is 19.2 Å². The predicted octanol–water partition coefficient (Wildman–Crippen LogP) is -0.272. The number of hydrogen-bond acceptors (Lipinski definition) is 5. The van der Waals surface area contributed by atoms with Gasteiger partial charge in [0.2, 0.25) is 0 Å². The number of ether oxygens (including phenoxy) is 1. The van der Waals surface area contributed by atoms with Crippen molar-refractivity contribution in [1.82, 2.24) is 0 Å². The minimum absolute atomic E-state index is 0.0544. The SMILES string of the molecule is C=C1CC(=O)OC1=O.O=C(O)C=CC(=O)O. The molecule has 0 aromatic rings. The van der Waals surface area contributed by atoms with Gasteiger partial charge < -0.3 is 14.9 Å². The first kappa shape index (κ1) is 13.6. The number of aliphatic carboxylic acids is 2. The molecule has 7 heteroatoms. The molecule has 0 amide bonds. The summed E-state index contributed by atoms with van der Waals surface area (Å²) in [7, 11) is 0. The number of hydrogen-bond donors (Lipinski definition) is 2. The highest BCUT2D eigenvalue weighted by Gasteiger charge is 2.24. The summed E-state index contributed by atoms with van der Waals surface area (Å²) in [6.45, 7) is 3.29. The van der Waals surface area contributed by atoms with Gasteiger partial charge >= 0.3 is 23.9 Å². The molecule has 1 rings (SSSR count). The molecule has 86 valence electrons. The number of rotatable bonds is 2. The van der Waals surface area contributed by atoms with Crippen LogP contribution in [0, 0.1) is 0 Å². The maximum Gasteiger partial charge on any atom is 0.341 e. The van der Waals surface area contributed by atoms with Gasteiger partial charge in [-0.15, -0.1) is 0 Å². The molecule has 1 heterocycles. The van der Waals surface area contributed by atoms with Gasteiger partial charge in [0.15, 0.2) is 0 Å². The number of carboxylic acid groups (broad SMARTS) is 2. The van der Waals surface area contributed by atoms with Gasteiger partial charge in [0.1, 0.15) is 0 Å². The number of esters is 2. The highest BCUT2D eigenvalue weighted by atomic mass is 16.6. The third-order valence-electron chi connectivity index (χ3n) is 1.22. The number of carbonyl (C=O) groups excluding carboxylic acids is 2. The molecule has 0 saturated carbocycles. The molecule has 0 spiro atoms. The van der Waals surface area contributed by atoms with Crippen LogP contribution in [-0.2, 0) is 23.9 Å². The Balaban J connectivity index is 0.000000281. The smallest absolute Gasteiger partial charge is 0.341 e. The van der Waals surface area contributed by atoms with Crippen LogP contribution >= 0.6 is 0 Å². The van der Waals surface area contributed by atoms with Gasteiger partial charge in [-0.3, -0.25) is 4.79 Å². The van der Waals surface area contributed by atoms with Crippen molar-refractivity contribution in [3.63, 3.8) is 0 Å². The predicted molar refractivity (Wildman–Crippen MR) is 49.3 cm³/mol. The molecular weight excluding hydrogens is 220 g/mol. The van der Waals surface area contributed by atoms with Crippen molar-refractivity contribution in [3.8, 4) is 0 Å². The lowest BCUT2D eigenvalue weighted by molar-refractivity contribution is -0.151. The Morgan fingerprint density at radius 3 is 1.75 bits per heavy atom. The van der Waals surface area contributed by atoms with Crippen LogP contribution in [-0.4, -0.2) is 34.1 Å². The van der Waals surface area contributed by atoms with Crippen molar-refractivity contribution >= 4 is 23.9 Å². The largest absolute Gasteiger partial charge is 0.478 e. The zero-order valence-electron chi connectivity index (χ0n) is 8.00. The second kappa shape index (κ2) is 6.12. The van der Waals surface area contributed by atoms with Crippen LogP contribution in [0.2, 0.25) is 0 Å². The molecule has 0 aromatic carbocycles. The van der Waals surface area contributed by atoms with Crippen LogP contribution in [0.25, 0.3) is 0 Å². The summed E-state index contributed by atoms with van der Waals surface area (Å²) in [6, 6.07) is 0. The zero-order chi connectivity index (χ0) is 12.7. The zero-order valence-corrected chi connectivity index (χ0v) is 8.00. The Hall–Kier alpha value is -2.44. The van der Waals surface area contributed by atoms with Crippen LogP contribution in [0.3, 0.4) is 0 Å². The van der Waals surface area contributed by atoms with Crippen molar-refractivity contribution in [2.45, 2.75) is 6.42 Å². The molecule has 0 atom stereocenters. The molecule has 0 aliphatic carbocycles. The van der Waals surface area contributed by atoms with E-state index in [1.807, 2.05) is 0 Å². The third kappa shape index (κ3) is 6.08. The molecule has 7 nitrogen and oxygen atoms in total. The van der Waals surface area contributed by atoms with Gasteiger partial charge in [-0.25, -0.2) is 14.4 Å². The van der Waals surface area contributed by atoms with E-state index in [2.05, 4.69) is 11.3 Å². The first-order valence-corrected chi connectivity index (χ1v) is 3.89.